The lowest BCUT2D eigenvalue weighted by atomic mass is 9.86. The lowest BCUT2D eigenvalue weighted by Crippen LogP contribution is -2.44. The molecule has 0 saturated carbocycles. The van der Waals surface area contributed by atoms with Gasteiger partial charge in [-0.25, -0.2) is 9.78 Å². The van der Waals surface area contributed by atoms with E-state index in [1.165, 1.54) is 0 Å². The van der Waals surface area contributed by atoms with Crippen molar-refractivity contribution in [2.45, 2.75) is 38.6 Å². The van der Waals surface area contributed by atoms with Crippen LogP contribution in [0.2, 0.25) is 0 Å². The number of carbonyl (C=O) groups excluding carboxylic acids is 1. The number of benzene rings is 1. The van der Waals surface area contributed by atoms with Crippen LogP contribution in [0.3, 0.4) is 0 Å². The molecule has 4 heterocycles. The van der Waals surface area contributed by atoms with Gasteiger partial charge in [0.15, 0.2) is 5.60 Å². The first kappa shape index (κ1) is 20.0. The van der Waals surface area contributed by atoms with Crippen LogP contribution >= 0.6 is 0 Å². The number of pyridine rings is 2. The van der Waals surface area contributed by atoms with Crippen LogP contribution in [0.25, 0.3) is 32.7 Å². The van der Waals surface area contributed by atoms with Crippen molar-refractivity contribution in [2.75, 3.05) is 7.11 Å². The van der Waals surface area contributed by atoms with Crippen molar-refractivity contribution in [2.24, 2.45) is 5.11 Å². The predicted octanol–water partition coefficient (Wildman–Crippen LogP) is 2.90. The molecule has 162 valence electrons. The highest BCUT2D eigenvalue weighted by Crippen LogP contribution is 2.40. The smallest absolute Gasteiger partial charge is 0.343 e. The second kappa shape index (κ2) is 7.08. The van der Waals surface area contributed by atoms with Gasteiger partial charge in [-0.05, 0) is 41.8 Å². The van der Waals surface area contributed by atoms with E-state index in [9.17, 15) is 14.7 Å². The molecular formula is C22H19N5O5. The molecule has 0 bridgehead atoms. The number of ether oxygens (including phenoxy) is 2. The monoisotopic (exact) mass is 433 g/mol. The van der Waals surface area contributed by atoms with Crippen molar-refractivity contribution in [1.82, 2.24) is 9.55 Å². The van der Waals surface area contributed by atoms with Crippen LogP contribution < -0.4 is 10.3 Å². The summed E-state index contributed by atoms with van der Waals surface area (Å²) in [6.45, 7) is 1.77. The van der Waals surface area contributed by atoms with Gasteiger partial charge in [-0.2, -0.15) is 0 Å². The summed E-state index contributed by atoms with van der Waals surface area (Å²) in [6.07, 6.45) is 0.0711. The first-order chi connectivity index (χ1) is 15.4. The van der Waals surface area contributed by atoms with Crippen molar-refractivity contribution >= 4 is 16.9 Å². The Balaban J connectivity index is 1.82. The molecule has 32 heavy (non-hydrogen) atoms. The topological polar surface area (TPSA) is 139 Å². The molecule has 1 atom stereocenters. The molecule has 5 rings (SSSR count). The van der Waals surface area contributed by atoms with Crippen molar-refractivity contribution in [3.05, 3.63) is 67.3 Å². The van der Waals surface area contributed by atoms with E-state index in [4.69, 9.17) is 20.0 Å². The van der Waals surface area contributed by atoms with E-state index >= 15 is 0 Å². The van der Waals surface area contributed by atoms with Crippen LogP contribution in [-0.2, 0) is 34.8 Å². The third-order valence-corrected chi connectivity index (χ3v) is 6.30. The van der Waals surface area contributed by atoms with Gasteiger partial charge in [0.05, 0.1) is 42.7 Å². The predicted molar refractivity (Wildman–Crippen MR) is 114 cm³/mol. The third kappa shape index (κ3) is 2.63. The number of carbonyl (C=O) groups is 1. The molecule has 0 fully saturated rings. The number of methoxy groups -OCH3 is 1. The number of nitrogens with zero attached hydrogens (tertiary/aromatic N) is 5. The fraction of sp³-hybridized carbons (Fsp3) is 0.318. The molecule has 10 heteroatoms. The summed E-state index contributed by atoms with van der Waals surface area (Å²) in [4.78, 5) is 33.3. The zero-order chi connectivity index (χ0) is 22.6. The first-order valence-corrected chi connectivity index (χ1v) is 10.1. The maximum atomic E-state index is 13.3. The summed E-state index contributed by atoms with van der Waals surface area (Å²) in [7, 11) is 1.56. The van der Waals surface area contributed by atoms with Crippen LogP contribution in [-0.4, -0.2) is 27.7 Å². The number of cyclic esters (lactones) is 1. The number of hydrogen-bond donors (Lipinski definition) is 1. The van der Waals surface area contributed by atoms with Gasteiger partial charge in [-0.1, -0.05) is 12.0 Å². The second-order valence-electron chi connectivity index (χ2n) is 7.79. The Morgan fingerprint density at radius 2 is 2.16 bits per heavy atom. The van der Waals surface area contributed by atoms with Gasteiger partial charge in [-0.15, -0.1) is 0 Å². The van der Waals surface area contributed by atoms with Gasteiger partial charge in [0.25, 0.3) is 5.56 Å². The molecule has 0 unspecified atom stereocenters. The normalized spacial score (nSPS) is 18.4. The minimum absolute atomic E-state index is 0.0711. The number of fused-ring (bicyclic) bond motifs is 5. The van der Waals surface area contributed by atoms with E-state index in [1.54, 1.807) is 36.8 Å². The summed E-state index contributed by atoms with van der Waals surface area (Å²) in [6, 6.07) is 7.06. The number of esters is 1. The summed E-state index contributed by atoms with van der Waals surface area (Å²) in [5.41, 5.74) is 10.4. The minimum Gasteiger partial charge on any atom is -0.497 e. The molecule has 1 aromatic carbocycles. The Labute approximate surface area is 181 Å². The van der Waals surface area contributed by atoms with E-state index in [0.717, 1.165) is 16.5 Å². The van der Waals surface area contributed by atoms with Crippen LogP contribution in [0.1, 0.15) is 35.6 Å². The Morgan fingerprint density at radius 1 is 1.34 bits per heavy atom. The van der Waals surface area contributed by atoms with Crippen LogP contribution in [0, 0.1) is 0 Å². The molecule has 3 aromatic rings. The fourth-order valence-corrected chi connectivity index (χ4v) is 4.55. The average molecular weight is 433 g/mol. The Morgan fingerprint density at radius 3 is 2.88 bits per heavy atom. The molecule has 2 aromatic heterocycles. The largest absolute Gasteiger partial charge is 0.497 e. The van der Waals surface area contributed by atoms with Crippen molar-refractivity contribution in [3.63, 3.8) is 0 Å². The number of azide groups is 1. The zero-order valence-electron chi connectivity index (χ0n) is 17.5. The Hall–Kier alpha value is -3.88. The van der Waals surface area contributed by atoms with Gasteiger partial charge < -0.3 is 19.1 Å². The Kier molecular flexibility index (Phi) is 4.44. The van der Waals surface area contributed by atoms with E-state index in [-0.39, 0.29) is 42.8 Å². The number of rotatable bonds is 4. The molecular weight excluding hydrogens is 414 g/mol. The van der Waals surface area contributed by atoms with Gasteiger partial charge in [0.1, 0.15) is 12.4 Å². The van der Waals surface area contributed by atoms with E-state index in [2.05, 4.69) is 10.0 Å². The first-order valence-electron chi connectivity index (χ1n) is 10.1. The van der Waals surface area contributed by atoms with E-state index < -0.39 is 11.6 Å². The lowest BCUT2D eigenvalue weighted by Gasteiger charge is -2.31. The van der Waals surface area contributed by atoms with Gasteiger partial charge in [0.2, 0.25) is 0 Å². The zero-order valence-corrected chi connectivity index (χ0v) is 17.5. The van der Waals surface area contributed by atoms with E-state index in [0.29, 0.717) is 22.7 Å². The number of aliphatic hydroxyl groups is 1. The van der Waals surface area contributed by atoms with Gasteiger partial charge in [0, 0.05) is 21.4 Å². The Bertz CT molecular complexity index is 1420. The molecule has 1 N–H and O–H groups in total. The summed E-state index contributed by atoms with van der Waals surface area (Å²) >= 11 is 0. The van der Waals surface area contributed by atoms with Crippen molar-refractivity contribution in [1.29, 1.82) is 0 Å². The summed E-state index contributed by atoms with van der Waals surface area (Å²) in [5, 5.41) is 15.5. The maximum absolute atomic E-state index is 13.3. The van der Waals surface area contributed by atoms with Crippen LogP contribution in [0.5, 0.6) is 5.75 Å². The van der Waals surface area contributed by atoms with Gasteiger partial charge >= 0.3 is 5.97 Å². The van der Waals surface area contributed by atoms with Crippen molar-refractivity contribution < 1.29 is 19.4 Å². The molecule has 0 aliphatic carbocycles. The summed E-state index contributed by atoms with van der Waals surface area (Å²) < 4.78 is 12.0. The highest BCUT2D eigenvalue weighted by molar-refractivity contribution is 5.90. The third-order valence-electron chi connectivity index (χ3n) is 6.30. The van der Waals surface area contributed by atoms with Gasteiger partial charge in [-0.3, -0.25) is 4.79 Å². The quantitative estimate of drug-likeness (QED) is 0.227. The van der Waals surface area contributed by atoms with Crippen LogP contribution in [0.4, 0.5) is 0 Å². The molecule has 0 radical (unpaired) electrons. The fourth-order valence-electron chi connectivity index (χ4n) is 4.55. The molecule has 2 aliphatic heterocycles. The molecule has 0 amide bonds. The number of aromatic nitrogens is 2. The molecule has 10 nitrogen and oxygen atoms in total. The SMILES string of the molecule is CC[C@@]1(O)C(=O)OCc2c1cc1n(c2=O)Cc2c-1nc1ccc(OC)cc1c2CN=[N+]=[N-]. The standard InChI is InChI=1S/C22H19N5O5/c1-3-22(30)16-7-18-19-14(9-27(18)20(28)15(16)10-32-21(22)29)13(8-24-26-23)12-6-11(31-2)4-5-17(12)25-19/h4-7,30H,3,8-10H2,1-2H3/t22-/m0/s1. The highest BCUT2D eigenvalue weighted by atomic mass is 16.6. The van der Waals surface area contributed by atoms with Crippen LogP contribution in [0.15, 0.2) is 34.2 Å². The molecule has 2 aliphatic rings. The maximum Gasteiger partial charge on any atom is 0.343 e. The van der Waals surface area contributed by atoms with E-state index in [1.807, 2.05) is 6.07 Å². The number of hydrogen-bond acceptors (Lipinski definition) is 7. The second-order valence-corrected chi connectivity index (χ2v) is 7.79. The highest BCUT2D eigenvalue weighted by Gasteiger charge is 2.45. The van der Waals surface area contributed by atoms with Crippen molar-refractivity contribution in [3.8, 4) is 17.1 Å². The minimum atomic E-state index is -1.89. The lowest BCUT2D eigenvalue weighted by molar-refractivity contribution is -0.172. The summed E-state index contributed by atoms with van der Waals surface area (Å²) in [5.74, 6) is -0.133. The average Bonchev–Trinajstić information content (AvgIpc) is 3.18. The molecule has 0 spiro atoms. The molecule has 0 saturated heterocycles.